The molecule has 5 nitrogen and oxygen atoms in total. The number of furan rings is 1. The fourth-order valence-electron chi connectivity index (χ4n) is 3.75. The molecule has 160 valence electrons. The molecule has 2 aromatic heterocycles. The van der Waals surface area contributed by atoms with Crippen molar-refractivity contribution in [2.75, 3.05) is 4.90 Å². The van der Waals surface area contributed by atoms with Gasteiger partial charge in [0.25, 0.3) is 0 Å². The Morgan fingerprint density at radius 3 is 2.62 bits per heavy atom. The van der Waals surface area contributed by atoms with Crippen LogP contribution in [0.5, 0.6) is 5.75 Å². The average molecular weight is 480 g/mol. The summed E-state index contributed by atoms with van der Waals surface area (Å²) in [6.45, 7) is 0. The Labute approximate surface area is 200 Å². The maximum Gasteiger partial charge on any atom is 0.174 e. The first-order valence-electron chi connectivity index (χ1n) is 9.92. The number of benzene rings is 2. The van der Waals surface area contributed by atoms with Crippen molar-refractivity contribution in [2.24, 2.45) is 0 Å². The molecular weight excluding hydrogens is 462 g/mol. The van der Waals surface area contributed by atoms with Gasteiger partial charge in [0, 0.05) is 16.1 Å². The highest BCUT2D eigenvalue weighted by molar-refractivity contribution is 7.99. The molecule has 0 radical (unpaired) electrons. The summed E-state index contributed by atoms with van der Waals surface area (Å²) >= 11 is 13.5. The third-order valence-corrected chi connectivity index (χ3v) is 6.63. The SMILES string of the molecule is Oc1ccc(Cl)cc1N1C(=S)NC(c2ccccn2)C1c1ccc(Sc2ccccc2)o1. The van der Waals surface area contributed by atoms with Crippen LogP contribution in [0.4, 0.5) is 5.69 Å². The van der Waals surface area contributed by atoms with Crippen LogP contribution in [0.3, 0.4) is 0 Å². The molecule has 2 unspecified atom stereocenters. The Kier molecular flexibility index (Phi) is 5.78. The number of anilines is 1. The molecule has 0 amide bonds. The first-order chi connectivity index (χ1) is 15.6. The number of aromatic hydroxyl groups is 1. The zero-order valence-electron chi connectivity index (χ0n) is 16.7. The summed E-state index contributed by atoms with van der Waals surface area (Å²) in [5.41, 5.74) is 1.32. The van der Waals surface area contributed by atoms with Crippen LogP contribution in [0, 0.1) is 0 Å². The second-order valence-electron chi connectivity index (χ2n) is 7.20. The minimum absolute atomic E-state index is 0.0793. The number of halogens is 1. The van der Waals surface area contributed by atoms with Gasteiger partial charge in [-0.25, -0.2) is 0 Å². The van der Waals surface area contributed by atoms with E-state index in [9.17, 15) is 5.11 Å². The number of thiocarbonyl (C=S) groups is 1. The van der Waals surface area contributed by atoms with Crippen molar-refractivity contribution >= 4 is 46.4 Å². The third kappa shape index (κ3) is 4.07. The predicted molar refractivity (Wildman–Crippen MR) is 130 cm³/mol. The molecule has 4 aromatic rings. The second-order valence-corrected chi connectivity index (χ2v) is 9.10. The van der Waals surface area contributed by atoms with Gasteiger partial charge in [-0.15, -0.1) is 0 Å². The zero-order valence-corrected chi connectivity index (χ0v) is 19.1. The first kappa shape index (κ1) is 20.9. The van der Waals surface area contributed by atoms with Gasteiger partial charge in [0.2, 0.25) is 0 Å². The lowest BCUT2D eigenvalue weighted by molar-refractivity contribution is 0.382. The van der Waals surface area contributed by atoms with Crippen LogP contribution in [0.25, 0.3) is 0 Å². The molecule has 0 spiro atoms. The predicted octanol–water partition coefficient (Wildman–Crippen LogP) is 6.36. The Morgan fingerprint density at radius 2 is 1.84 bits per heavy atom. The van der Waals surface area contributed by atoms with Gasteiger partial charge in [0.1, 0.15) is 17.6 Å². The van der Waals surface area contributed by atoms with E-state index in [0.29, 0.717) is 21.6 Å². The lowest BCUT2D eigenvalue weighted by Gasteiger charge is -2.26. The molecular formula is C24H18ClN3O2S2. The Morgan fingerprint density at radius 1 is 1.03 bits per heavy atom. The molecule has 2 atom stereocenters. The number of phenols is 1. The van der Waals surface area contributed by atoms with Crippen molar-refractivity contribution in [2.45, 2.75) is 22.1 Å². The van der Waals surface area contributed by atoms with Gasteiger partial charge in [-0.1, -0.05) is 47.6 Å². The lowest BCUT2D eigenvalue weighted by atomic mass is 10.0. The van der Waals surface area contributed by atoms with Crippen LogP contribution in [0.2, 0.25) is 5.02 Å². The molecule has 0 aliphatic carbocycles. The van der Waals surface area contributed by atoms with Crippen LogP contribution < -0.4 is 10.2 Å². The lowest BCUT2D eigenvalue weighted by Crippen LogP contribution is -2.29. The number of phenolic OH excluding ortho intramolecular Hbond substituents is 1. The molecule has 8 heteroatoms. The van der Waals surface area contributed by atoms with E-state index in [0.717, 1.165) is 15.7 Å². The van der Waals surface area contributed by atoms with E-state index in [1.165, 1.54) is 0 Å². The number of pyridine rings is 1. The number of hydrogen-bond acceptors (Lipinski definition) is 5. The second kappa shape index (κ2) is 8.86. The molecule has 1 fully saturated rings. The largest absolute Gasteiger partial charge is 0.506 e. The van der Waals surface area contributed by atoms with Crippen LogP contribution in [0.15, 0.2) is 99.5 Å². The Bertz CT molecular complexity index is 1250. The molecule has 0 saturated carbocycles. The summed E-state index contributed by atoms with van der Waals surface area (Å²) in [5, 5.41) is 15.7. The normalized spacial score (nSPS) is 18.0. The van der Waals surface area contributed by atoms with Gasteiger partial charge < -0.3 is 19.7 Å². The van der Waals surface area contributed by atoms with Crippen LogP contribution in [-0.2, 0) is 0 Å². The average Bonchev–Trinajstić information content (AvgIpc) is 3.40. The van der Waals surface area contributed by atoms with Crippen molar-refractivity contribution in [3.63, 3.8) is 0 Å². The van der Waals surface area contributed by atoms with Crippen LogP contribution >= 0.6 is 35.6 Å². The molecule has 1 saturated heterocycles. The number of aromatic nitrogens is 1. The fourth-order valence-corrected chi connectivity index (χ4v) is 5.05. The van der Waals surface area contributed by atoms with Crippen molar-refractivity contribution in [1.29, 1.82) is 0 Å². The van der Waals surface area contributed by atoms with Crippen molar-refractivity contribution < 1.29 is 9.52 Å². The molecule has 5 rings (SSSR count). The van der Waals surface area contributed by atoms with Crippen molar-refractivity contribution in [3.8, 4) is 5.75 Å². The zero-order chi connectivity index (χ0) is 22.1. The molecule has 1 aliphatic rings. The Hall–Kier alpha value is -3.00. The minimum atomic E-state index is -0.369. The highest BCUT2D eigenvalue weighted by Crippen LogP contribution is 2.46. The van der Waals surface area contributed by atoms with E-state index in [4.69, 9.17) is 28.2 Å². The summed E-state index contributed by atoms with van der Waals surface area (Å²) in [5.74, 6) is 0.779. The molecule has 3 heterocycles. The number of nitrogens with zero attached hydrogens (tertiary/aromatic N) is 2. The summed E-state index contributed by atoms with van der Waals surface area (Å²) in [6, 6.07) is 23.9. The van der Waals surface area contributed by atoms with Crippen LogP contribution in [-0.4, -0.2) is 15.2 Å². The van der Waals surface area contributed by atoms with Crippen molar-refractivity contribution in [1.82, 2.24) is 10.3 Å². The quantitative estimate of drug-likeness (QED) is 0.323. The summed E-state index contributed by atoms with van der Waals surface area (Å²) in [7, 11) is 0. The van der Waals surface area contributed by atoms with E-state index in [2.05, 4.69) is 10.3 Å². The van der Waals surface area contributed by atoms with Gasteiger partial charge in [-0.3, -0.25) is 4.98 Å². The maximum atomic E-state index is 10.6. The van der Waals surface area contributed by atoms with E-state index in [1.807, 2.05) is 65.6 Å². The van der Waals surface area contributed by atoms with Crippen molar-refractivity contribution in [3.05, 3.63) is 102 Å². The van der Waals surface area contributed by atoms with E-state index in [-0.39, 0.29) is 17.8 Å². The first-order valence-corrected chi connectivity index (χ1v) is 11.5. The standard InChI is InChI=1S/C24H18ClN3O2S2/c25-15-9-10-19(29)18(14-15)28-23(22(27-24(28)31)17-8-4-5-13-26-17)20-11-12-21(30-20)32-16-6-2-1-3-7-16/h1-14,22-23,29H,(H,27,31). The van der Waals surface area contributed by atoms with E-state index >= 15 is 0 Å². The van der Waals surface area contributed by atoms with Gasteiger partial charge >= 0.3 is 0 Å². The maximum absolute atomic E-state index is 10.6. The summed E-state index contributed by atoms with van der Waals surface area (Å²) < 4.78 is 6.27. The summed E-state index contributed by atoms with van der Waals surface area (Å²) in [6.07, 6.45) is 1.75. The summed E-state index contributed by atoms with van der Waals surface area (Å²) in [4.78, 5) is 7.45. The monoisotopic (exact) mass is 479 g/mol. The molecule has 0 bridgehead atoms. The van der Waals surface area contributed by atoms with Gasteiger partial charge in [0.15, 0.2) is 10.2 Å². The van der Waals surface area contributed by atoms with Crippen LogP contribution in [0.1, 0.15) is 23.5 Å². The van der Waals surface area contributed by atoms with Gasteiger partial charge in [-0.05, 0) is 66.8 Å². The molecule has 1 aliphatic heterocycles. The highest BCUT2D eigenvalue weighted by Gasteiger charge is 2.43. The number of nitrogens with one attached hydrogen (secondary N) is 1. The smallest absolute Gasteiger partial charge is 0.174 e. The number of rotatable bonds is 5. The van der Waals surface area contributed by atoms with E-state index in [1.54, 1.807) is 36.2 Å². The third-order valence-electron chi connectivity index (χ3n) is 5.15. The highest BCUT2D eigenvalue weighted by atomic mass is 35.5. The minimum Gasteiger partial charge on any atom is -0.506 e. The molecule has 2 aromatic carbocycles. The van der Waals surface area contributed by atoms with Gasteiger partial charge in [-0.2, -0.15) is 0 Å². The molecule has 2 N–H and O–H groups in total. The van der Waals surface area contributed by atoms with Gasteiger partial charge in [0.05, 0.1) is 17.4 Å². The number of hydrogen-bond donors (Lipinski definition) is 2. The van der Waals surface area contributed by atoms with E-state index < -0.39 is 0 Å². The Balaban J connectivity index is 1.57. The molecule has 32 heavy (non-hydrogen) atoms. The topological polar surface area (TPSA) is 61.5 Å². The fraction of sp³-hybridized carbons (Fsp3) is 0.0833.